The molecule has 0 saturated heterocycles. The van der Waals surface area contributed by atoms with Gasteiger partial charge in [0.25, 0.3) is 0 Å². The van der Waals surface area contributed by atoms with E-state index in [9.17, 15) is 8.42 Å². The summed E-state index contributed by atoms with van der Waals surface area (Å²) in [4.78, 5) is 4.50. The number of nitrogens with zero attached hydrogens (tertiary/aromatic N) is 3. The third-order valence-electron chi connectivity index (χ3n) is 3.13. The van der Waals surface area contributed by atoms with Crippen molar-refractivity contribution in [2.24, 2.45) is 7.05 Å². The van der Waals surface area contributed by atoms with Crippen LogP contribution in [0.1, 0.15) is 5.56 Å². The molecular formula is C14H14N4O2S2. The van der Waals surface area contributed by atoms with E-state index < -0.39 is 10.0 Å². The molecule has 6 nitrogen and oxygen atoms in total. The zero-order valence-corrected chi connectivity index (χ0v) is 13.4. The summed E-state index contributed by atoms with van der Waals surface area (Å²) in [5, 5.41) is 7.84. The molecule has 0 aromatic carbocycles. The molecule has 3 aromatic heterocycles. The van der Waals surface area contributed by atoms with E-state index in [2.05, 4.69) is 14.8 Å². The van der Waals surface area contributed by atoms with Crippen molar-refractivity contribution in [3.63, 3.8) is 0 Å². The van der Waals surface area contributed by atoms with E-state index in [1.165, 1.54) is 17.1 Å². The summed E-state index contributed by atoms with van der Waals surface area (Å²) in [5.74, 6) is 0. The Kier molecular flexibility index (Phi) is 4.06. The lowest BCUT2D eigenvalue weighted by Gasteiger charge is -2.08. The molecule has 0 bridgehead atoms. The Morgan fingerprint density at radius 1 is 1.36 bits per heavy atom. The summed E-state index contributed by atoms with van der Waals surface area (Å²) < 4.78 is 28.5. The average molecular weight is 334 g/mol. The zero-order chi connectivity index (χ0) is 15.6. The van der Waals surface area contributed by atoms with Gasteiger partial charge in [-0.05, 0) is 23.1 Å². The molecule has 114 valence electrons. The Morgan fingerprint density at radius 3 is 2.91 bits per heavy atom. The van der Waals surface area contributed by atoms with Crippen molar-refractivity contribution in [2.75, 3.05) is 0 Å². The van der Waals surface area contributed by atoms with Crippen LogP contribution in [0.15, 0.2) is 52.4 Å². The van der Waals surface area contributed by atoms with Gasteiger partial charge in [-0.25, -0.2) is 13.1 Å². The van der Waals surface area contributed by atoms with Crippen LogP contribution in [0.2, 0.25) is 0 Å². The molecule has 0 amide bonds. The summed E-state index contributed by atoms with van der Waals surface area (Å²) in [5.41, 5.74) is 2.60. The molecule has 22 heavy (non-hydrogen) atoms. The van der Waals surface area contributed by atoms with Gasteiger partial charge in [0.2, 0.25) is 10.0 Å². The minimum atomic E-state index is -3.58. The van der Waals surface area contributed by atoms with E-state index >= 15 is 0 Å². The smallest absolute Gasteiger partial charge is 0.243 e. The molecule has 0 aliphatic carbocycles. The number of nitrogens with one attached hydrogen (secondary N) is 1. The maximum Gasteiger partial charge on any atom is 0.243 e. The van der Waals surface area contributed by atoms with E-state index in [1.807, 2.05) is 22.9 Å². The van der Waals surface area contributed by atoms with Crippen LogP contribution in [-0.2, 0) is 23.6 Å². The Morgan fingerprint density at radius 2 is 2.23 bits per heavy atom. The third kappa shape index (κ3) is 3.08. The SMILES string of the molecule is Cn1cc(S(=O)(=O)NCc2cccnc2-c2ccsc2)cn1. The second kappa shape index (κ2) is 5.99. The summed E-state index contributed by atoms with van der Waals surface area (Å²) in [6.45, 7) is 0.177. The van der Waals surface area contributed by atoms with Crippen LogP contribution in [0.4, 0.5) is 0 Å². The predicted octanol–water partition coefficient (Wildman–Crippen LogP) is 2.02. The van der Waals surface area contributed by atoms with Gasteiger partial charge in [-0.3, -0.25) is 9.67 Å². The van der Waals surface area contributed by atoms with Crippen molar-refractivity contribution < 1.29 is 8.42 Å². The first kappa shape index (κ1) is 14.9. The Balaban J connectivity index is 1.83. The molecular weight excluding hydrogens is 320 g/mol. The Labute approximate surface area is 132 Å². The fraction of sp³-hybridized carbons (Fsp3) is 0.143. The van der Waals surface area contributed by atoms with Crippen molar-refractivity contribution in [1.29, 1.82) is 0 Å². The van der Waals surface area contributed by atoms with Gasteiger partial charge < -0.3 is 0 Å². The maximum atomic E-state index is 12.2. The van der Waals surface area contributed by atoms with Crippen molar-refractivity contribution in [2.45, 2.75) is 11.4 Å². The van der Waals surface area contributed by atoms with Gasteiger partial charge in [-0.15, -0.1) is 0 Å². The topological polar surface area (TPSA) is 76.9 Å². The Hall–Kier alpha value is -2.03. The largest absolute Gasteiger partial charge is 0.274 e. The number of pyridine rings is 1. The molecule has 3 aromatic rings. The molecule has 0 radical (unpaired) electrons. The predicted molar refractivity (Wildman–Crippen MR) is 84.8 cm³/mol. The molecule has 0 spiro atoms. The highest BCUT2D eigenvalue weighted by Crippen LogP contribution is 2.23. The summed E-state index contributed by atoms with van der Waals surface area (Å²) in [6, 6.07) is 5.63. The van der Waals surface area contributed by atoms with Crippen molar-refractivity contribution in [3.05, 3.63) is 53.1 Å². The van der Waals surface area contributed by atoms with Gasteiger partial charge in [0.15, 0.2) is 0 Å². The number of rotatable bonds is 5. The van der Waals surface area contributed by atoms with E-state index in [0.29, 0.717) is 0 Å². The van der Waals surface area contributed by atoms with Crippen LogP contribution < -0.4 is 4.72 Å². The van der Waals surface area contributed by atoms with Crippen molar-refractivity contribution in [3.8, 4) is 11.3 Å². The van der Waals surface area contributed by atoms with E-state index in [4.69, 9.17) is 0 Å². The number of aromatic nitrogens is 3. The highest BCUT2D eigenvalue weighted by atomic mass is 32.2. The summed E-state index contributed by atoms with van der Waals surface area (Å²) >= 11 is 1.58. The van der Waals surface area contributed by atoms with Gasteiger partial charge >= 0.3 is 0 Å². The van der Waals surface area contributed by atoms with Crippen LogP contribution in [0.5, 0.6) is 0 Å². The lowest BCUT2D eigenvalue weighted by molar-refractivity contribution is 0.581. The van der Waals surface area contributed by atoms with E-state index in [1.54, 1.807) is 30.6 Å². The maximum absolute atomic E-state index is 12.2. The molecule has 1 N–H and O–H groups in total. The van der Waals surface area contributed by atoms with Crippen LogP contribution in [0.25, 0.3) is 11.3 Å². The molecule has 0 unspecified atom stereocenters. The number of thiophene rings is 1. The van der Waals surface area contributed by atoms with E-state index in [-0.39, 0.29) is 11.4 Å². The van der Waals surface area contributed by atoms with Crippen LogP contribution in [0, 0.1) is 0 Å². The highest BCUT2D eigenvalue weighted by molar-refractivity contribution is 7.89. The van der Waals surface area contributed by atoms with Crippen LogP contribution in [-0.4, -0.2) is 23.2 Å². The second-order valence-electron chi connectivity index (χ2n) is 4.70. The van der Waals surface area contributed by atoms with E-state index in [0.717, 1.165) is 16.8 Å². The van der Waals surface area contributed by atoms with Crippen molar-refractivity contribution >= 4 is 21.4 Å². The fourth-order valence-electron chi connectivity index (χ4n) is 2.03. The minimum absolute atomic E-state index is 0.149. The normalized spacial score (nSPS) is 11.7. The first-order valence-corrected chi connectivity index (χ1v) is 8.93. The van der Waals surface area contributed by atoms with Crippen molar-refractivity contribution in [1.82, 2.24) is 19.5 Å². The Bertz CT molecular complexity index is 870. The molecule has 3 rings (SSSR count). The highest BCUT2D eigenvalue weighted by Gasteiger charge is 2.17. The monoisotopic (exact) mass is 334 g/mol. The molecule has 0 fully saturated rings. The summed E-state index contributed by atoms with van der Waals surface area (Å²) in [7, 11) is -1.91. The quantitative estimate of drug-likeness (QED) is 0.774. The first-order chi connectivity index (χ1) is 10.6. The minimum Gasteiger partial charge on any atom is -0.274 e. The average Bonchev–Trinajstić information content (AvgIpc) is 3.17. The molecule has 8 heteroatoms. The molecule has 0 aliphatic rings. The molecule has 0 atom stereocenters. The summed E-state index contributed by atoms with van der Waals surface area (Å²) in [6.07, 6.45) is 4.49. The van der Waals surface area contributed by atoms with Gasteiger partial charge in [-0.1, -0.05) is 6.07 Å². The number of aryl methyl sites for hydroxylation is 1. The zero-order valence-electron chi connectivity index (χ0n) is 11.8. The lowest BCUT2D eigenvalue weighted by Crippen LogP contribution is -2.23. The number of hydrogen-bond donors (Lipinski definition) is 1. The number of hydrogen-bond acceptors (Lipinski definition) is 5. The van der Waals surface area contributed by atoms with Gasteiger partial charge in [0, 0.05) is 36.9 Å². The molecule has 3 heterocycles. The lowest BCUT2D eigenvalue weighted by atomic mass is 10.1. The van der Waals surface area contributed by atoms with Crippen LogP contribution >= 0.6 is 11.3 Å². The fourth-order valence-corrected chi connectivity index (χ4v) is 3.66. The molecule has 0 aliphatic heterocycles. The van der Waals surface area contributed by atoms with Gasteiger partial charge in [-0.2, -0.15) is 16.4 Å². The van der Waals surface area contributed by atoms with Crippen LogP contribution in [0.3, 0.4) is 0 Å². The number of sulfonamides is 1. The van der Waals surface area contributed by atoms with Gasteiger partial charge in [0.1, 0.15) is 4.90 Å². The molecule has 0 saturated carbocycles. The van der Waals surface area contributed by atoms with Gasteiger partial charge in [0.05, 0.1) is 11.9 Å². The standard InChI is InChI=1S/C14H14N4O2S2/c1-18-9-13(8-16-18)22(19,20)17-7-11-3-2-5-15-14(11)12-4-6-21-10-12/h2-6,8-10,17H,7H2,1H3. The third-order valence-corrected chi connectivity index (χ3v) is 5.17. The second-order valence-corrected chi connectivity index (χ2v) is 7.24. The first-order valence-electron chi connectivity index (χ1n) is 6.51.